The second-order valence-electron chi connectivity index (χ2n) is 19.8. The van der Waals surface area contributed by atoms with Crippen molar-refractivity contribution >= 4 is 60.9 Å². The van der Waals surface area contributed by atoms with Gasteiger partial charge in [0, 0.05) is 73.9 Å². The zero-order chi connectivity index (χ0) is 48.7. The number of carbonyl (C=O) groups excluding carboxylic acids is 3. The molecule has 2 N–H and O–H groups in total. The molecule has 2 spiro atoms. The third-order valence-corrected chi connectivity index (χ3v) is 15.1. The van der Waals surface area contributed by atoms with Crippen molar-refractivity contribution in [3.05, 3.63) is 143 Å². The molecule has 3 amide bonds. The molecule has 0 saturated carbocycles. The number of benzene rings is 4. The summed E-state index contributed by atoms with van der Waals surface area (Å²) in [6.07, 6.45) is 9.16. The average Bonchev–Trinajstić information content (AvgIpc) is 3.69. The minimum atomic E-state index is -3.35. The van der Waals surface area contributed by atoms with Crippen molar-refractivity contribution in [1.82, 2.24) is 19.2 Å². The standard InChI is InChI=1S/C29H33N3O4.C25H27N3O4S/c1-28(2,3)36-27(35)31-18-29(19-31)23-13-6-7-14-25(23)32(26(29)34)17-24-22(12-8-9-15-33)21-11-5-4-10-20(21)16-30-24;1-33(31,32)27-16-25(17-27)21-11-4-5-12-23(21)28(24(25)30)15-22-20(10-6-7-13-29)19-9-3-2-8-18(19)14-26-22/h4-7,10-11,13-14,16,33H,8-9,12,15,17-19H2,1-3H3;2-5,8-9,11-12,14,29H,6-7,10,13,15-17H2,1H3. The first-order valence-corrected chi connectivity index (χ1v) is 25.6. The maximum absolute atomic E-state index is 13.9. The topological polar surface area (TPSA) is 174 Å². The van der Waals surface area contributed by atoms with Crippen molar-refractivity contribution in [1.29, 1.82) is 0 Å². The van der Waals surface area contributed by atoms with Crippen molar-refractivity contribution < 1.29 is 37.8 Å². The largest absolute Gasteiger partial charge is 0.444 e. The zero-order valence-corrected chi connectivity index (χ0v) is 40.5. The Kier molecular flexibility index (Phi) is 13.1. The van der Waals surface area contributed by atoms with E-state index in [1.165, 1.54) is 10.6 Å². The van der Waals surface area contributed by atoms with E-state index in [0.29, 0.717) is 32.6 Å². The van der Waals surface area contributed by atoms with Gasteiger partial charge in [0.05, 0.1) is 30.7 Å². The highest BCUT2D eigenvalue weighted by atomic mass is 32.2. The number of rotatable bonds is 13. The van der Waals surface area contributed by atoms with Gasteiger partial charge in [-0.15, -0.1) is 0 Å². The molecule has 360 valence electrons. The van der Waals surface area contributed by atoms with Crippen LogP contribution < -0.4 is 9.80 Å². The molecule has 0 aliphatic carbocycles. The van der Waals surface area contributed by atoms with Crippen LogP contribution in [0.4, 0.5) is 16.2 Å². The molecule has 0 radical (unpaired) electrons. The quantitative estimate of drug-likeness (QED) is 0.113. The highest BCUT2D eigenvalue weighted by molar-refractivity contribution is 7.88. The van der Waals surface area contributed by atoms with Gasteiger partial charge in [0.25, 0.3) is 0 Å². The Hall–Kier alpha value is -6.26. The van der Waals surface area contributed by atoms with Crippen molar-refractivity contribution in [3.8, 4) is 0 Å². The summed E-state index contributed by atoms with van der Waals surface area (Å²) < 4.78 is 30.9. The second-order valence-corrected chi connectivity index (χ2v) is 21.7. The van der Waals surface area contributed by atoms with E-state index < -0.39 is 26.5 Å². The number of aryl methyl sites for hydroxylation is 2. The lowest BCUT2D eigenvalue weighted by Crippen LogP contribution is -2.65. The number of ether oxygens (including phenoxy) is 1. The molecular weight excluding hydrogens is 893 g/mol. The predicted molar refractivity (Wildman–Crippen MR) is 266 cm³/mol. The summed E-state index contributed by atoms with van der Waals surface area (Å²) in [6, 6.07) is 31.8. The molecule has 4 aliphatic heterocycles. The van der Waals surface area contributed by atoms with Crippen LogP contribution in [0.15, 0.2) is 109 Å². The zero-order valence-electron chi connectivity index (χ0n) is 39.7. The van der Waals surface area contributed by atoms with Crippen LogP contribution >= 0.6 is 0 Å². The van der Waals surface area contributed by atoms with Crippen LogP contribution in [0.25, 0.3) is 21.5 Å². The summed E-state index contributed by atoms with van der Waals surface area (Å²) in [4.78, 5) is 55.0. The molecular formula is C54H60N6O8S. The van der Waals surface area contributed by atoms with Crippen LogP contribution in [-0.4, -0.2) is 107 Å². The number of sulfonamides is 1. The molecule has 4 aromatic carbocycles. The number of likely N-dealkylation sites (tertiary alicyclic amines) is 1. The summed E-state index contributed by atoms with van der Waals surface area (Å²) in [6.45, 7) is 7.48. The number of hydrogen-bond acceptors (Lipinski definition) is 10. The van der Waals surface area contributed by atoms with Gasteiger partial charge < -0.3 is 29.6 Å². The van der Waals surface area contributed by atoms with Crippen molar-refractivity contribution in [2.24, 2.45) is 0 Å². The highest BCUT2D eigenvalue weighted by Gasteiger charge is 2.61. The Labute approximate surface area is 403 Å². The fourth-order valence-corrected chi connectivity index (χ4v) is 11.4. The number of anilines is 2. The van der Waals surface area contributed by atoms with Gasteiger partial charge in [-0.2, -0.15) is 4.31 Å². The van der Waals surface area contributed by atoms with Crippen molar-refractivity contribution in [2.45, 2.75) is 88.8 Å². The smallest absolute Gasteiger partial charge is 0.410 e. The third kappa shape index (κ3) is 8.97. The summed E-state index contributed by atoms with van der Waals surface area (Å²) in [5.74, 6) is -0.0698. The molecule has 69 heavy (non-hydrogen) atoms. The van der Waals surface area contributed by atoms with E-state index in [4.69, 9.17) is 14.7 Å². The van der Waals surface area contributed by atoms with E-state index in [-0.39, 0.29) is 44.2 Å². The molecule has 2 fully saturated rings. The van der Waals surface area contributed by atoms with Gasteiger partial charge in [-0.05, 0) is 104 Å². The van der Waals surface area contributed by atoms with Crippen molar-refractivity contribution in [2.75, 3.05) is 55.4 Å². The number of aromatic nitrogens is 2. The molecule has 0 atom stereocenters. The van der Waals surface area contributed by atoms with E-state index in [1.54, 1.807) is 9.80 Å². The number of pyridine rings is 2. The maximum atomic E-state index is 13.9. The minimum absolute atomic E-state index is 0.000208. The summed E-state index contributed by atoms with van der Waals surface area (Å²) in [7, 11) is -3.35. The summed E-state index contributed by atoms with van der Waals surface area (Å²) >= 11 is 0. The Balaban J connectivity index is 0.000000172. The van der Waals surface area contributed by atoms with E-state index in [0.717, 1.165) is 98.7 Å². The lowest BCUT2D eigenvalue weighted by molar-refractivity contribution is -0.129. The molecule has 0 bridgehead atoms. The molecule has 2 aromatic heterocycles. The van der Waals surface area contributed by atoms with E-state index in [1.807, 2.05) is 123 Å². The monoisotopic (exact) mass is 952 g/mol. The molecule has 2 saturated heterocycles. The Morgan fingerprint density at radius 1 is 0.638 bits per heavy atom. The number of carbonyl (C=O) groups is 3. The maximum Gasteiger partial charge on any atom is 0.410 e. The Morgan fingerprint density at radius 3 is 1.49 bits per heavy atom. The van der Waals surface area contributed by atoms with Crippen LogP contribution in [0, 0.1) is 0 Å². The Morgan fingerprint density at radius 2 is 1.06 bits per heavy atom. The fourth-order valence-electron chi connectivity index (χ4n) is 10.5. The molecule has 10 rings (SSSR count). The number of unbranched alkanes of at least 4 members (excludes halogenated alkanes) is 2. The first kappa shape index (κ1) is 47.8. The van der Waals surface area contributed by atoms with E-state index in [2.05, 4.69) is 12.1 Å². The number of hydrogen-bond donors (Lipinski definition) is 2. The number of aliphatic hydroxyl groups excluding tert-OH is 2. The lowest BCUT2D eigenvalue weighted by Gasteiger charge is -2.46. The number of para-hydroxylation sites is 2. The van der Waals surface area contributed by atoms with E-state index >= 15 is 0 Å². The number of nitrogens with zero attached hydrogens (tertiary/aromatic N) is 6. The first-order chi connectivity index (χ1) is 33.1. The third-order valence-electron chi connectivity index (χ3n) is 13.9. The average molecular weight is 953 g/mol. The van der Waals surface area contributed by atoms with Gasteiger partial charge in [0.15, 0.2) is 0 Å². The van der Waals surface area contributed by atoms with E-state index in [9.17, 15) is 33.0 Å². The molecule has 6 heterocycles. The highest BCUT2D eigenvalue weighted by Crippen LogP contribution is 2.50. The lowest BCUT2D eigenvalue weighted by atomic mass is 9.75. The summed E-state index contributed by atoms with van der Waals surface area (Å²) in [5.41, 5.74) is 5.31. The SMILES string of the molecule is CC(C)(C)OC(=O)N1CC2(C1)C(=O)N(Cc1ncc3ccccc3c1CCCCO)c1ccccc12.CS(=O)(=O)N1CC2(C1)C(=O)N(Cc1ncc3ccccc3c1CCCCO)c1ccccc12. The molecule has 15 heteroatoms. The van der Waals surface area contributed by atoms with Crippen LogP contribution in [0.1, 0.15) is 80.1 Å². The van der Waals surface area contributed by atoms with Gasteiger partial charge in [-0.3, -0.25) is 19.6 Å². The molecule has 14 nitrogen and oxygen atoms in total. The van der Waals surface area contributed by atoms with Gasteiger partial charge >= 0.3 is 6.09 Å². The van der Waals surface area contributed by atoms with Crippen molar-refractivity contribution in [3.63, 3.8) is 0 Å². The minimum Gasteiger partial charge on any atom is -0.444 e. The van der Waals surface area contributed by atoms with Crippen LogP contribution in [0.3, 0.4) is 0 Å². The normalized spacial score (nSPS) is 16.9. The number of aliphatic hydroxyl groups is 2. The van der Waals surface area contributed by atoms with Gasteiger partial charge in [-0.25, -0.2) is 13.2 Å². The number of amides is 3. The predicted octanol–water partition coefficient (Wildman–Crippen LogP) is 7.19. The van der Waals surface area contributed by atoms with Crippen LogP contribution in [0.5, 0.6) is 0 Å². The molecule has 4 aliphatic rings. The van der Waals surface area contributed by atoms with Gasteiger partial charge in [0.1, 0.15) is 16.4 Å². The summed E-state index contributed by atoms with van der Waals surface area (Å²) in [5, 5.41) is 22.9. The fraction of sp³-hybridized carbons (Fsp3) is 0.389. The Bertz CT molecular complexity index is 3050. The van der Waals surface area contributed by atoms with Gasteiger partial charge in [-0.1, -0.05) is 84.9 Å². The van der Waals surface area contributed by atoms with Gasteiger partial charge in [0.2, 0.25) is 21.8 Å². The van der Waals surface area contributed by atoms with Crippen LogP contribution in [0.2, 0.25) is 0 Å². The number of fused-ring (bicyclic) bond motifs is 6. The molecule has 0 unspecified atom stereocenters. The van der Waals surface area contributed by atoms with Crippen LogP contribution in [-0.2, 0) is 61.1 Å². The molecule has 6 aromatic rings. The second kappa shape index (κ2) is 18.9. The first-order valence-electron chi connectivity index (χ1n) is 23.8.